The summed E-state index contributed by atoms with van der Waals surface area (Å²) in [7, 11) is 0. The summed E-state index contributed by atoms with van der Waals surface area (Å²) in [6.07, 6.45) is 1.40. The van der Waals surface area contributed by atoms with Crippen molar-refractivity contribution in [1.82, 2.24) is 9.80 Å². The number of primary amides is 1. The highest BCUT2D eigenvalue weighted by Crippen LogP contribution is 2.18. The number of piperidine rings is 1. The molecule has 0 radical (unpaired) electrons. The number of hydrogen-bond donors (Lipinski definition) is 2. The van der Waals surface area contributed by atoms with Gasteiger partial charge < -0.3 is 20.6 Å². The lowest BCUT2D eigenvalue weighted by Crippen LogP contribution is -2.48. The summed E-state index contributed by atoms with van der Waals surface area (Å²) < 4.78 is 0. The highest BCUT2D eigenvalue weighted by atomic mass is 16.4. The lowest BCUT2D eigenvalue weighted by Gasteiger charge is -2.33. The van der Waals surface area contributed by atoms with Crippen molar-refractivity contribution in [3.63, 3.8) is 0 Å². The molecule has 0 aromatic carbocycles. The first-order chi connectivity index (χ1) is 8.95. The van der Waals surface area contributed by atoms with Crippen molar-refractivity contribution in [1.29, 1.82) is 0 Å². The highest BCUT2D eigenvalue weighted by Gasteiger charge is 2.30. The van der Waals surface area contributed by atoms with Crippen LogP contribution in [-0.4, -0.2) is 59.0 Å². The van der Waals surface area contributed by atoms with Crippen LogP contribution in [0.1, 0.15) is 26.2 Å². The van der Waals surface area contributed by atoms with Gasteiger partial charge in [0.15, 0.2) is 0 Å². The lowest BCUT2D eigenvalue weighted by atomic mass is 9.96. The Labute approximate surface area is 112 Å². The van der Waals surface area contributed by atoms with Crippen LogP contribution in [0, 0.1) is 5.92 Å². The van der Waals surface area contributed by atoms with E-state index in [9.17, 15) is 14.4 Å². The van der Waals surface area contributed by atoms with Crippen LogP contribution in [0.4, 0.5) is 4.79 Å². The Kier molecular flexibility index (Phi) is 5.59. The van der Waals surface area contributed by atoms with Gasteiger partial charge in [0.25, 0.3) is 0 Å². The van der Waals surface area contributed by atoms with Crippen LogP contribution >= 0.6 is 0 Å². The molecule has 1 rings (SSSR count). The summed E-state index contributed by atoms with van der Waals surface area (Å²) in [5.74, 6) is -1.28. The van der Waals surface area contributed by atoms with Crippen molar-refractivity contribution in [2.75, 3.05) is 26.2 Å². The number of amides is 3. The zero-order chi connectivity index (χ0) is 14.4. The van der Waals surface area contributed by atoms with Crippen molar-refractivity contribution in [3.05, 3.63) is 0 Å². The van der Waals surface area contributed by atoms with Crippen molar-refractivity contribution in [2.24, 2.45) is 11.7 Å². The molecule has 3 amide bonds. The zero-order valence-electron chi connectivity index (χ0n) is 11.2. The predicted octanol–water partition coefficient (Wildman–Crippen LogP) is 0.100. The smallest absolute Gasteiger partial charge is 0.314 e. The molecule has 1 aliphatic rings. The van der Waals surface area contributed by atoms with E-state index in [1.54, 1.807) is 0 Å². The minimum absolute atomic E-state index is 0.0637. The third-order valence-electron chi connectivity index (χ3n) is 3.37. The topological polar surface area (TPSA) is 104 Å². The Hall–Kier alpha value is -1.79. The van der Waals surface area contributed by atoms with Crippen LogP contribution < -0.4 is 5.73 Å². The molecule has 0 bridgehead atoms. The van der Waals surface area contributed by atoms with E-state index in [4.69, 9.17) is 10.8 Å². The van der Waals surface area contributed by atoms with E-state index in [2.05, 4.69) is 0 Å². The lowest BCUT2D eigenvalue weighted by molar-refractivity contribution is -0.140. The van der Waals surface area contributed by atoms with Crippen LogP contribution in [-0.2, 0) is 9.59 Å². The van der Waals surface area contributed by atoms with Gasteiger partial charge in [-0.15, -0.1) is 0 Å². The van der Waals surface area contributed by atoms with E-state index in [-0.39, 0.29) is 24.8 Å². The molecule has 0 aliphatic carbocycles. The first kappa shape index (κ1) is 15.3. The normalized spacial score (nSPS) is 19.0. The van der Waals surface area contributed by atoms with Gasteiger partial charge in [-0.3, -0.25) is 9.59 Å². The minimum atomic E-state index is -0.923. The Morgan fingerprint density at radius 3 is 2.63 bits per heavy atom. The van der Waals surface area contributed by atoms with Crippen LogP contribution in [0.5, 0.6) is 0 Å². The van der Waals surface area contributed by atoms with E-state index in [0.717, 1.165) is 6.42 Å². The number of urea groups is 1. The number of nitrogens with zero attached hydrogens (tertiary/aromatic N) is 2. The molecular weight excluding hydrogens is 250 g/mol. The molecule has 1 heterocycles. The Balaban J connectivity index is 2.58. The fraction of sp³-hybridized carbons (Fsp3) is 0.750. The van der Waals surface area contributed by atoms with E-state index >= 15 is 0 Å². The number of carboxylic acids is 1. The number of likely N-dealkylation sites (tertiary alicyclic amines) is 1. The number of carbonyl (C=O) groups is 3. The van der Waals surface area contributed by atoms with Crippen LogP contribution in [0.25, 0.3) is 0 Å². The fourth-order valence-electron chi connectivity index (χ4n) is 2.29. The maximum absolute atomic E-state index is 12.3. The molecule has 1 fully saturated rings. The van der Waals surface area contributed by atoms with Gasteiger partial charge in [-0.2, -0.15) is 0 Å². The molecule has 3 N–H and O–H groups in total. The maximum atomic E-state index is 12.3. The molecule has 0 aromatic heterocycles. The summed E-state index contributed by atoms with van der Waals surface area (Å²) in [6.45, 7) is 3.41. The van der Waals surface area contributed by atoms with E-state index in [0.29, 0.717) is 26.1 Å². The Morgan fingerprint density at radius 2 is 2.11 bits per heavy atom. The molecule has 19 heavy (non-hydrogen) atoms. The van der Waals surface area contributed by atoms with Gasteiger partial charge in [0, 0.05) is 26.2 Å². The minimum Gasteiger partial charge on any atom is -0.481 e. The van der Waals surface area contributed by atoms with Crippen molar-refractivity contribution in [2.45, 2.75) is 26.2 Å². The number of nitrogens with two attached hydrogens (primary N) is 1. The average molecular weight is 271 g/mol. The van der Waals surface area contributed by atoms with Crippen molar-refractivity contribution >= 4 is 17.9 Å². The van der Waals surface area contributed by atoms with E-state index in [1.807, 2.05) is 6.92 Å². The summed E-state index contributed by atoms with van der Waals surface area (Å²) in [5, 5.41) is 8.66. The molecule has 0 aromatic rings. The molecule has 7 heteroatoms. The molecule has 7 nitrogen and oxygen atoms in total. The first-order valence-corrected chi connectivity index (χ1v) is 6.50. The first-order valence-electron chi connectivity index (χ1n) is 6.50. The molecule has 108 valence electrons. The number of rotatable bonds is 5. The van der Waals surface area contributed by atoms with Crippen LogP contribution in [0.3, 0.4) is 0 Å². The maximum Gasteiger partial charge on any atom is 0.314 e. The second-order valence-electron chi connectivity index (χ2n) is 4.69. The summed E-state index contributed by atoms with van der Waals surface area (Å²) in [4.78, 5) is 36.9. The van der Waals surface area contributed by atoms with Gasteiger partial charge in [-0.05, 0) is 19.8 Å². The Bertz CT molecular complexity index is 359. The SMILES string of the molecule is CCN(CCC(=O)O)C(=O)C1CCCN(C(N)=O)C1. The molecule has 1 saturated heterocycles. The van der Waals surface area contributed by atoms with Gasteiger partial charge in [0.05, 0.1) is 12.3 Å². The third-order valence-corrected chi connectivity index (χ3v) is 3.37. The monoisotopic (exact) mass is 271 g/mol. The zero-order valence-corrected chi connectivity index (χ0v) is 11.2. The average Bonchev–Trinajstić information content (AvgIpc) is 2.39. The predicted molar refractivity (Wildman–Crippen MR) is 68.4 cm³/mol. The molecule has 0 spiro atoms. The van der Waals surface area contributed by atoms with Gasteiger partial charge in [-0.25, -0.2) is 4.79 Å². The third kappa shape index (κ3) is 4.42. The summed E-state index contributed by atoms with van der Waals surface area (Å²) in [5.41, 5.74) is 5.22. The van der Waals surface area contributed by atoms with Gasteiger partial charge >= 0.3 is 12.0 Å². The molecule has 1 atom stereocenters. The second-order valence-corrected chi connectivity index (χ2v) is 4.69. The molecule has 0 saturated carbocycles. The quantitative estimate of drug-likeness (QED) is 0.740. The van der Waals surface area contributed by atoms with E-state index < -0.39 is 12.0 Å². The van der Waals surface area contributed by atoms with Crippen LogP contribution in [0.15, 0.2) is 0 Å². The molecule has 1 unspecified atom stereocenters. The summed E-state index contributed by atoms with van der Waals surface area (Å²) in [6, 6.07) is -0.508. The molecular formula is C12H21N3O4. The second kappa shape index (κ2) is 6.96. The van der Waals surface area contributed by atoms with Gasteiger partial charge in [-0.1, -0.05) is 0 Å². The number of hydrogen-bond acceptors (Lipinski definition) is 3. The number of aliphatic carboxylic acids is 1. The molecule has 1 aliphatic heterocycles. The van der Waals surface area contributed by atoms with Crippen molar-refractivity contribution in [3.8, 4) is 0 Å². The highest BCUT2D eigenvalue weighted by molar-refractivity contribution is 5.81. The standard InChI is InChI=1S/C12H21N3O4/c1-2-14(7-5-10(16)17)11(18)9-4-3-6-15(8-9)12(13)19/h9H,2-8H2,1H3,(H2,13,19)(H,16,17). The van der Waals surface area contributed by atoms with Gasteiger partial charge in [0.1, 0.15) is 0 Å². The summed E-state index contributed by atoms with van der Waals surface area (Å²) >= 11 is 0. The largest absolute Gasteiger partial charge is 0.481 e. The van der Waals surface area contributed by atoms with Crippen molar-refractivity contribution < 1.29 is 19.5 Å². The fourth-order valence-corrected chi connectivity index (χ4v) is 2.29. The van der Waals surface area contributed by atoms with Crippen LogP contribution in [0.2, 0.25) is 0 Å². The Morgan fingerprint density at radius 1 is 1.42 bits per heavy atom. The number of carboxylic acid groups (broad SMARTS) is 1. The number of carbonyl (C=O) groups excluding carboxylic acids is 2. The van der Waals surface area contributed by atoms with E-state index in [1.165, 1.54) is 9.80 Å². The van der Waals surface area contributed by atoms with Gasteiger partial charge in [0.2, 0.25) is 5.91 Å².